The smallest absolute Gasteiger partial charge is 0.342 e. The molecule has 28 heavy (non-hydrogen) atoms. The summed E-state index contributed by atoms with van der Waals surface area (Å²) in [4.78, 5) is 26.8. The predicted octanol–water partition coefficient (Wildman–Crippen LogP) is 4.94. The molecule has 0 aliphatic heterocycles. The Labute approximate surface area is 169 Å². The van der Waals surface area contributed by atoms with Crippen molar-refractivity contribution in [3.05, 3.63) is 47.5 Å². The molecule has 148 valence electrons. The number of carbonyl (C=O) groups excluding carboxylic acids is 1. The van der Waals surface area contributed by atoms with E-state index in [2.05, 4.69) is 16.9 Å². The lowest BCUT2D eigenvalue weighted by molar-refractivity contribution is 0.0378. The van der Waals surface area contributed by atoms with Gasteiger partial charge in [-0.15, -0.1) is 0 Å². The number of esters is 1. The molecular formula is C21H24ClN3O3. The lowest BCUT2D eigenvalue weighted by atomic mass is 10.1. The van der Waals surface area contributed by atoms with Gasteiger partial charge in [-0.1, -0.05) is 38.0 Å². The van der Waals surface area contributed by atoms with Gasteiger partial charge in [-0.25, -0.2) is 14.8 Å². The van der Waals surface area contributed by atoms with Crippen LogP contribution in [0, 0.1) is 0 Å². The monoisotopic (exact) mass is 401 g/mol. The Kier molecular flexibility index (Phi) is 6.52. The van der Waals surface area contributed by atoms with Crippen molar-refractivity contribution in [1.29, 1.82) is 0 Å². The topological polar surface area (TPSA) is 66.2 Å². The van der Waals surface area contributed by atoms with E-state index in [1.807, 2.05) is 30.5 Å². The molecule has 0 bridgehead atoms. The Hall–Kier alpha value is -2.60. The summed E-state index contributed by atoms with van der Waals surface area (Å²) in [5.41, 5.74) is 2.34. The highest BCUT2D eigenvalue weighted by Crippen LogP contribution is 2.32. The highest BCUT2D eigenvalue weighted by atomic mass is 35.5. The van der Waals surface area contributed by atoms with Crippen LogP contribution in [0.25, 0.3) is 22.2 Å². The van der Waals surface area contributed by atoms with E-state index < -0.39 is 5.97 Å². The van der Waals surface area contributed by atoms with Gasteiger partial charge in [0.15, 0.2) is 0 Å². The maximum Gasteiger partial charge on any atom is 0.342 e. The number of nitrogens with zero attached hydrogens (tertiary/aromatic N) is 3. The molecule has 0 unspecified atom stereocenters. The van der Waals surface area contributed by atoms with Gasteiger partial charge in [-0.3, -0.25) is 0 Å². The number of benzene rings is 1. The van der Waals surface area contributed by atoms with Gasteiger partial charge in [-0.05, 0) is 37.9 Å². The molecule has 6 nitrogen and oxygen atoms in total. The third-order valence-electron chi connectivity index (χ3n) is 4.23. The highest BCUT2D eigenvalue weighted by Gasteiger charge is 2.22. The zero-order valence-corrected chi connectivity index (χ0v) is 17.1. The van der Waals surface area contributed by atoms with Crippen molar-refractivity contribution in [2.24, 2.45) is 0 Å². The molecule has 0 saturated heterocycles. The summed E-state index contributed by atoms with van der Waals surface area (Å²) in [5.74, 6) is -0.484. The SMILES string of the molecule is CCCCCOn1cc(-c2nc(Cl)ncc2C(=O)OC(C)C)c2ccccc21. The maximum absolute atomic E-state index is 12.6. The average Bonchev–Trinajstić information content (AvgIpc) is 3.03. The molecule has 3 aromatic rings. The number of para-hydroxylation sites is 1. The molecule has 7 heteroatoms. The first-order chi connectivity index (χ1) is 13.5. The van der Waals surface area contributed by atoms with E-state index in [0.29, 0.717) is 12.3 Å². The second kappa shape index (κ2) is 9.06. The van der Waals surface area contributed by atoms with Crippen LogP contribution >= 0.6 is 11.6 Å². The molecule has 0 amide bonds. The highest BCUT2D eigenvalue weighted by molar-refractivity contribution is 6.28. The first-order valence-corrected chi connectivity index (χ1v) is 9.86. The largest absolute Gasteiger partial charge is 0.459 e. The van der Waals surface area contributed by atoms with Crippen LogP contribution in [0.15, 0.2) is 36.7 Å². The number of aromatic nitrogens is 3. The fourth-order valence-electron chi connectivity index (χ4n) is 2.95. The number of rotatable bonds is 8. The van der Waals surface area contributed by atoms with Gasteiger partial charge in [0.2, 0.25) is 5.28 Å². The quantitative estimate of drug-likeness (QED) is 0.304. The molecule has 0 fully saturated rings. The summed E-state index contributed by atoms with van der Waals surface area (Å²) in [6.07, 6.45) is 6.20. The van der Waals surface area contributed by atoms with Crippen molar-refractivity contribution in [1.82, 2.24) is 14.7 Å². The number of hydrogen-bond donors (Lipinski definition) is 0. The third kappa shape index (κ3) is 4.44. The van der Waals surface area contributed by atoms with E-state index in [4.69, 9.17) is 21.2 Å². The number of fused-ring (bicyclic) bond motifs is 1. The molecule has 1 aromatic carbocycles. The minimum atomic E-state index is -0.484. The third-order valence-corrected chi connectivity index (χ3v) is 4.42. The zero-order valence-electron chi connectivity index (χ0n) is 16.3. The Morgan fingerprint density at radius 1 is 1.25 bits per heavy atom. The van der Waals surface area contributed by atoms with Crippen LogP contribution in [-0.2, 0) is 4.74 Å². The van der Waals surface area contributed by atoms with Gasteiger partial charge in [0.25, 0.3) is 0 Å². The number of ether oxygens (including phenoxy) is 1. The van der Waals surface area contributed by atoms with Gasteiger partial charge in [0.1, 0.15) is 12.2 Å². The summed E-state index contributed by atoms with van der Waals surface area (Å²) < 4.78 is 7.08. The van der Waals surface area contributed by atoms with Crippen LogP contribution in [0.3, 0.4) is 0 Å². The summed E-state index contributed by atoms with van der Waals surface area (Å²) in [6.45, 7) is 6.35. The van der Waals surface area contributed by atoms with Gasteiger partial charge < -0.3 is 9.57 Å². The lowest BCUT2D eigenvalue weighted by Crippen LogP contribution is -2.14. The second-order valence-corrected chi connectivity index (χ2v) is 7.12. The van der Waals surface area contributed by atoms with Crippen LogP contribution in [0.5, 0.6) is 0 Å². The van der Waals surface area contributed by atoms with Gasteiger partial charge in [-0.2, -0.15) is 4.73 Å². The molecule has 0 atom stereocenters. The minimum absolute atomic E-state index is 0.0665. The van der Waals surface area contributed by atoms with Crippen LogP contribution in [0.2, 0.25) is 5.28 Å². The summed E-state index contributed by atoms with van der Waals surface area (Å²) in [7, 11) is 0. The van der Waals surface area contributed by atoms with E-state index in [1.165, 1.54) is 6.20 Å². The Balaban J connectivity index is 2.06. The minimum Gasteiger partial charge on any atom is -0.459 e. The molecule has 2 aromatic heterocycles. The number of halogens is 1. The normalized spacial score (nSPS) is 11.2. The first-order valence-electron chi connectivity index (χ1n) is 9.48. The lowest BCUT2D eigenvalue weighted by Gasteiger charge is -2.10. The van der Waals surface area contributed by atoms with Crippen LogP contribution in [0.1, 0.15) is 50.4 Å². The van der Waals surface area contributed by atoms with Crippen LogP contribution in [-0.4, -0.2) is 33.4 Å². The van der Waals surface area contributed by atoms with Gasteiger partial charge >= 0.3 is 5.97 Å². The summed E-state index contributed by atoms with van der Waals surface area (Å²) in [5, 5.41) is 0.975. The van der Waals surface area contributed by atoms with E-state index in [-0.39, 0.29) is 17.0 Å². The molecular weight excluding hydrogens is 378 g/mol. The van der Waals surface area contributed by atoms with Crippen molar-refractivity contribution >= 4 is 28.5 Å². The molecule has 0 aliphatic rings. The molecule has 0 aliphatic carbocycles. The average molecular weight is 402 g/mol. The Bertz CT molecular complexity index is 969. The number of carbonyl (C=O) groups is 1. The molecule has 0 spiro atoms. The molecule has 3 rings (SSSR count). The van der Waals surface area contributed by atoms with E-state index in [1.54, 1.807) is 18.6 Å². The maximum atomic E-state index is 12.6. The van der Waals surface area contributed by atoms with E-state index >= 15 is 0 Å². The zero-order chi connectivity index (χ0) is 20.1. The summed E-state index contributed by atoms with van der Waals surface area (Å²) >= 11 is 6.04. The standard InChI is InChI=1S/C21H24ClN3O3/c1-4-5-8-11-27-25-13-17(15-9-6-7-10-18(15)25)19-16(12-23-21(22)24-19)20(26)28-14(2)3/h6-7,9-10,12-14H,4-5,8,11H2,1-3H3. The first kappa shape index (κ1) is 20.1. The fourth-order valence-corrected chi connectivity index (χ4v) is 3.09. The second-order valence-electron chi connectivity index (χ2n) is 6.78. The van der Waals surface area contributed by atoms with Gasteiger partial charge in [0.05, 0.1) is 23.5 Å². The van der Waals surface area contributed by atoms with Crippen molar-refractivity contribution in [3.63, 3.8) is 0 Å². The summed E-state index contributed by atoms with van der Waals surface area (Å²) in [6, 6.07) is 7.80. The van der Waals surface area contributed by atoms with E-state index in [9.17, 15) is 4.79 Å². The van der Waals surface area contributed by atoms with Crippen LogP contribution < -0.4 is 4.84 Å². The molecule has 2 heterocycles. The number of hydrogen-bond acceptors (Lipinski definition) is 5. The fraction of sp³-hybridized carbons (Fsp3) is 0.381. The molecule has 0 N–H and O–H groups in total. The van der Waals surface area contributed by atoms with Crippen molar-refractivity contribution in [2.45, 2.75) is 46.1 Å². The van der Waals surface area contributed by atoms with Gasteiger partial charge in [0, 0.05) is 17.1 Å². The van der Waals surface area contributed by atoms with E-state index in [0.717, 1.165) is 35.7 Å². The predicted molar refractivity (Wildman–Crippen MR) is 109 cm³/mol. The molecule has 0 saturated carbocycles. The van der Waals surface area contributed by atoms with Crippen LogP contribution in [0.4, 0.5) is 0 Å². The Morgan fingerprint density at radius 3 is 2.79 bits per heavy atom. The molecule has 0 radical (unpaired) electrons. The van der Waals surface area contributed by atoms with Crippen molar-refractivity contribution < 1.29 is 14.4 Å². The van der Waals surface area contributed by atoms with Crippen molar-refractivity contribution in [3.8, 4) is 11.3 Å². The van der Waals surface area contributed by atoms with Crippen molar-refractivity contribution in [2.75, 3.05) is 6.61 Å². The number of unbranched alkanes of at least 4 members (excludes halogenated alkanes) is 2. The Morgan fingerprint density at radius 2 is 2.04 bits per heavy atom.